The summed E-state index contributed by atoms with van der Waals surface area (Å²) in [6.07, 6.45) is 2.98. The molecule has 7 rings (SSSR count). The molecule has 0 aromatic heterocycles. The fraction of sp³-hybridized carbons (Fsp3) is 0.472. The van der Waals surface area contributed by atoms with Gasteiger partial charge in [-0.05, 0) is 48.1 Å². The highest BCUT2D eigenvalue weighted by atomic mass is 19.4. The summed E-state index contributed by atoms with van der Waals surface area (Å²) in [5, 5.41) is 14.6. The van der Waals surface area contributed by atoms with Crippen molar-refractivity contribution < 1.29 is 37.0 Å². The topological polar surface area (TPSA) is 67.8 Å². The van der Waals surface area contributed by atoms with Gasteiger partial charge in [-0.3, -0.25) is 4.79 Å². The van der Waals surface area contributed by atoms with Crippen LogP contribution in [0.1, 0.15) is 50.2 Å². The molecule has 9 heteroatoms. The number of hydrogen-bond acceptors (Lipinski definition) is 4. The number of quaternary nitrogens is 1. The number of halogens is 3. The van der Waals surface area contributed by atoms with E-state index in [4.69, 9.17) is 4.74 Å². The highest BCUT2D eigenvalue weighted by Crippen LogP contribution is 2.66. The van der Waals surface area contributed by atoms with Gasteiger partial charge in [0.05, 0.1) is 32.3 Å². The number of carbonyl (C=O) groups is 1. The van der Waals surface area contributed by atoms with Crippen molar-refractivity contribution in [3.05, 3.63) is 101 Å². The third-order valence-corrected chi connectivity index (χ3v) is 11.3. The molecule has 5 aliphatic rings. The molecule has 2 bridgehead atoms. The number of nitrogens with zero attached hydrogens (tertiary/aromatic N) is 1. The van der Waals surface area contributed by atoms with Crippen LogP contribution >= 0.6 is 0 Å². The van der Waals surface area contributed by atoms with Gasteiger partial charge in [-0.2, -0.15) is 0 Å². The Bertz CT molecular complexity index is 1570. The van der Waals surface area contributed by atoms with Gasteiger partial charge < -0.3 is 24.4 Å². The summed E-state index contributed by atoms with van der Waals surface area (Å²) in [6.45, 7) is 3.42. The summed E-state index contributed by atoms with van der Waals surface area (Å²) in [4.78, 5) is 13.6. The van der Waals surface area contributed by atoms with E-state index in [1.54, 1.807) is 30.3 Å². The maximum Gasteiger partial charge on any atom is 0.573 e. The molecule has 0 radical (unpaired) electrons. The Morgan fingerprint density at radius 1 is 1.11 bits per heavy atom. The number of amides is 1. The van der Waals surface area contributed by atoms with E-state index in [1.165, 1.54) is 18.6 Å². The average molecular weight is 622 g/mol. The van der Waals surface area contributed by atoms with Crippen molar-refractivity contribution in [3.8, 4) is 0 Å². The van der Waals surface area contributed by atoms with Crippen molar-refractivity contribution in [2.45, 2.75) is 75.8 Å². The minimum Gasteiger partial charge on any atom is -0.400 e. The summed E-state index contributed by atoms with van der Waals surface area (Å²) in [6, 6.07) is 19.3. The van der Waals surface area contributed by atoms with Crippen LogP contribution in [0.15, 0.2) is 89.7 Å². The predicted molar refractivity (Wildman–Crippen MR) is 163 cm³/mol. The maximum absolute atomic E-state index is 13.6. The molecule has 45 heavy (non-hydrogen) atoms. The van der Waals surface area contributed by atoms with Crippen LogP contribution in [0.2, 0.25) is 0 Å². The molecule has 2 heterocycles. The minimum absolute atomic E-state index is 0.00808. The van der Waals surface area contributed by atoms with Crippen molar-refractivity contribution in [3.63, 3.8) is 0 Å². The molecule has 3 unspecified atom stereocenters. The number of aliphatic hydroxyl groups is 1. The van der Waals surface area contributed by atoms with Gasteiger partial charge in [0.15, 0.2) is 11.5 Å². The third kappa shape index (κ3) is 5.04. The number of likely N-dealkylation sites (tertiary alicyclic amines) is 1. The first-order valence-electron chi connectivity index (χ1n) is 16.0. The molecule has 6 nitrogen and oxygen atoms in total. The molecule has 2 aromatic rings. The lowest BCUT2D eigenvalue weighted by Crippen LogP contribution is -2.69. The summed E-state index contributed by atoms with van der Waals surface area (Å²) in [7, 11) is 2.38. The molecule has 3 fully saturated rings. The van der Waals surface area contributed by atoms with Gasteiger partial charge in [0.2, 0.25) is 0 Å². The fourth-order valence-corrected chi connectivity index (χ4v) is 9.22. The Morgan fingerprint density at radius 3 is 2.53 bits per heavy atom. The molecule has 2 saturated heterocycles. The van der Waals surface area contributed by atoms with Gasteiger partial charge in [0, 0.05) is 36.2 Å². The van der Waals surface area contributed by atoms with E-state index >= 15 is 0 Å². The number of carbonyl (C=O) groups excluding carboxylic acids is 1. The zero-order valence-electron chi connectivity index (χ0n) is 25.6. The summed E-state index contributed by atoms with van der Waals surface area (Å²) < 4.78 is 52.6. The van der Waals surface area contributed by atoms with Crippen LogP contribution in [-0.2, 0) is 20.7 Å². The minimum atomic E-state index is -5.10. The summed E-state index contributed by atoms with van der Waals surface area (Å²) in [5.74, 6) is -1.69. The Labute approximate surface area is 261 Å². The molecule has 238 valence electrons. The molecular weight excluding hydrogens is 581 g/mol. The number of likely N-dealkylation sites (N-methyl/N-ethyl adjacent to an activating group) is 1. The molecule has 1 spiro atoms. The second kappa shape index (κ2) is 10.9. The van der Waals surface area contributed by atoms with Gasteiger partial charge in [-0.25, -0.2) is 0 Å². The molecule has 1 amide bonds. The number of allylic oxidation sites excluding steroid dienone is 2. The number of hydrogen-bond donors (Lipinski definition) is 2. The van der Waals surface area contributed by atoms with Crippen LogP contribution in [0.5, 0.6) is 0 Å². The Morgan fingerprint density at radius 2 is 1.82 bits per heavy atom. The van der Waals surface area contributed by atoms with E-state index < -0.39 is 29.9 Å². The van der Waals surface area contributed by atoms with Gasteiger partial charge in [0.25, 0.3) is 5.91 Å². The molecule has 2 aliphatic heterocycles. The first-order valence-corrected chi connectivity index (χ1v) is 16.0. The zero-order chi connectivity index (χ0) is 31.6. The Hall–Kier alpha value is -3.40. The van der Waals surface area contributed by atoms with Crippen LogP contribution in [0, 0.1) is 11.3 Å². The van der Waals surface area contributed by atoms with Crippen LogP contribution in [-0.4, -0.2) is 66.0 Å². The first-order chi connectivity index (χ1) is 21.4. The van der Waals surface area contributed by atoms with Crippen LogP contribution in [0.4, 0.5) is 13.2 Å². The smallest absolute Gasteiger partial charge is 0.400 e. The number of ether oxygens (including phenoxy) is 2. The lowest BCUT2D eigenvalue weighted by Gasteiger charge is -2.61. The Kier molecular flexibility index (Phi) is 7.30. The van der Waals surface area contributed by atoms with Crippen LogP contribution < -0.4 is 5.32 Å². The lowest BCUT2D eigenvalue weighted by molar-refractivity contribution is -0.945. The van der Waals surface area contributed by atoms with Crippen molar-refractivity contribution in [2.75, 3.05) is 20.1 Å². The van der Waals surface area contributed by atoms with E-state index in [-0.39, 0.29) is 17.1 Å². The number of rotatable bonds is 7. The van der Waals surface area contributed by atoms with Crippen molar-refractivity contribution in [1.82, 2.24) is 5.32 Å². The van der Waals surface area contributed by atoms with E-state index in [0.29, 0.717) is 17.5 Å². The maximum atomic E-state index is 13.6. The number of piperidine rings is 1. The first kappa shape index (κ1) is 30.3. The zero-order valence-corrected chi connectivity index (χ0v) is 25.6. The quantitative estimate of drug-likeness (QED) is 0.171. The molecule has 2 N–H and O–H groups in total. The van der Waals surface area contributed by atoms with Crippen molar-refractivity contribution in [1.29, 1.82) is 0 Å². The van der Waals surface area contributed by atoms with Crippen molar-refractivity contribution in [2.24, 2.45) is 11.3 Å². The Balaban J connectivity index is 1.20. The summed E-state index contributed by atoms with van der Waals surface area (Å²) >= 11 is 0. The van der Waals surface area contributed by atoms with Crippen LogP contribution in [0.25, 0.3) is 5.57 Å². The number of alkyl halides is 3. The highest BCUT2D eigenvalue weighted by Gasteiger charge is 2.70. The highest BCUT2D eigenvalue weighted by molar-refractivity contribution is 5.99. The second-order valence-corrected chi connectivity index (χ2v) is 13.7. The number of nitrogens with one attached hydrogen (secondary N) is 1. The summed E-state index contributed by atoms with van der Waals surface area (Å²) in [5.41, 5.74) is 1.64. The molecular formula is C36H40F3N2O4+. The van der Waals surface area contributed by atoms with Crippen molar-refractivity contribution >= 4 is 11.5 Å². The van der Waals surface area contributed by atoms with E-state index in [1.807, 2.05) is 12.1 Å². The normalized spacial score (nSPS) is 35.4. The third-order valence-electron chi connectivity index (χ3n) is 11.3. The standard InChI is InChI=1S/C36H39F3N2O4/c1-23(25-12-7-4-8-13-25)31(45-36(37,38)39)33(42)40-35(43)18-16-26-22-28-27-14-9-15-29-34(27,30(26)32(35)44-29)19-21-41(28,2)20-17-24-10-5-3-6-11-24/h3-8,10-13,16,18,27-29,32,43H,9,14-15,17,19-22H2,1-2H3/p+1/t27-,28+,29-,32?,34+,35?,41?/m0/s1. The van der Waals surface area contributed by atoms with Gasteiger partial charge in [0.1, 0.15) is 6.10 Å². The largest absolute Gasteiger partial charge is 0.573 e. The lowest BCUT2D eigenvalue weighted by atomic mass is 9.50. The van der Waals surface area contributed by atoms with Gasteiger partial charge in [-0.1, -0.05) is 73.2 Å². The SMILES string of the molecule is CC(=C(OC(F)(F)F)C(=O)NC1(O)C=CC2=C3C1O[C@H]1CCC[C@H]4[C@@H](C2)[N+](C)(CCc2ccccc2)CC[C@]314)c1ccccc1. The molecule has 3 aliphatic carbocycles. The van der Waals surface area contributed by atoms with E-state index in [2.05, 4.69) is 41.4 Å². The molecule has 1 saturated carbocycles. The predicted octanol–water partition coefficient (Wildman–Crippen LogP) is 6.04. The molecule has 2 aromatic carbocycles. The van der Waals surface area contributed by atoms with Gasteiger partial charge in [-0.15, -0.1) is 13.2 Å². The fourth-order valence-electron chi connectivity index (χ4n) is 9.22. The molecule has 7 atom stereocenters. The number of benzene rings is 2. The van der Waals surface area contributed by atoms with E-state index in [0.717, 1.165) is 67.2 Å². The van der Waals surface area contributed by atoms with Crippen LogP contribution in [0.3, 0.4) is 0 Å². The average Bonchev–Trinajstić information content (AvgIpc) is 3.38. The second-order valence-electron chi connectivity index (χ2n) is 13.7. The van der Waals surface area contributed by atoms with E-state index in [9.17, 15) is 23.1 Å². The van der Waals surface area contributed by atoms with Gasteiger partial charge >= 0.3 is 6.36 Å². The monoisotopic (exact) mass is 621 g/mol.